The number of aliphatic carboxylic acids is 1. The Morgan fingerprint density at radius 2 is 2.11 bits per heavy atom. The van der Waals surface area contributed by atoms with Gasteiger partial charge in [0.25, 0.3) is 0 Å². The van der Waals surface area contributed by atoms with E-state index in [1.807, 2.05) is 0 Å². The summed E-state index contributed by atoms with van der Waals surface area (Å²) in [5, 5.41) is 17.9. The van der Waals surface area contributed by atoms with E-state index in [1.165, 1.54) is 18.2 Å². The highest BCUT2D eigenvalue weighted by molar-refractivity contribution is 7.99. The Hall–Kier alpha value is -1.04. The number of rotatable bonds is 4. The fraction of sp³-hybridized carbons (Fsp3) is 0.750. The normalized spacial score (nSPS) is 16.6. The van der Waals surface area contributed by atoms with Gasteiger partial charge in [0.1, 0.15) is 5.82 Å². The fourth-order valence-electron chi connectivity index (χ4n) is 2.06. The monoisotopic (exact) mass is 269 g/mol. The van der Waals surface area contributed by atoms with Gasteiger partial charge in [0.05, 0.1) is 5.75 Å². The standard InChI is InChI=1S/C12H19N3O2S/c1-12(2,3)15-10(8-5-4-6-8)13-14-11(15)18-7-9(16)17/h8H,4-7H2,1-3H3,(H,16,17). The van der Waals surface area contributed by atoms with Crippen LogP contribution in [0.2, 0.25) is 0 Å². The minimum Gasteiger partial charge on any atom is -0.481 e. The summed E-state index contributed by atoms with van der Waals surface area (Å²) in [5.41, 5.74) is -0.116. The zero-order valence-electron chi connectivity index (χ0n) is 11.0. The number of carbonyl (C=O) groups is 1. The van der Waals surface area contributed by atoms with Crippen LogP contribution in [0.25, 0.3) is 0 Å². The molecule has 1 aliphatic carbocycles. The Morgan fingerprint density at radius 3 is 2.56 bits per heavy atom. The molecular formula is C12H19N3O2S. The lowest BCUT2D eigenvalue weighted by atomic mass is 9.84. The van der Waals surface area contributed by atoms with Crippen molar-refractivity contribution < 1.29 is 9.90 Å². The van der Waals surface area contributed by atoms with Gasteiger partial charge in [-0.3, -0.25) is 4.79 Å². The molecule has 0 spiro atoms. The number of thioether (sulfide) groups is 1. The van der Waals surface area contributed by atoms with E-state index in [0.717, 1.165) is 18.7 Å². The maximum atomic E-state index is 10.7. The molecule has 0 amide bonds. The van der Waals surface area contributed by atoms with Gasteiger partial charge in [-0.1, -0.05) is 18.2 Å². The van der Waals surface area contributed by atoms with Crippen molar-refractivity contribution in [3.8, 4) is 0 Å². The third kappa shape index (κ3) is 2.68. The number of carboxylic acid groups (broad SMARTS) is 1. The molecule has 1 saturated carbocycles. The van der Waals surface area contributed by atoms with Crippen molar-refractivity contribution >= 4 is 17.7 Å². The average molecular weight is 269 g/mol. The first kappa shape index (κ1) is 13.4. The predicted octanol–water partition coefficient (Wildman–Crippen LogP) is 2.48. The van der Waals surface area contributed by atoms with Crippen LogP contribution in [0.1, 0.15) is 51.8 Å². The summed E-state index contributed by atoms with van der Waals surface area (Å²) in [7, 11) is 0. The Morgan fingerprint density at radius 1 is 1.44 bits per heavy atom. The molecule has 18 heavy (non-hydrogen) atoms. The first-order valence-electron chi connectivity index (χ1n) is 6.20. The largest absolute Gasteiger partial charge is 0.481 e. The number of aromatic nitrogens is 3. The van der Waals surface area contributed by atoms with Gasteiger partial charge in [-0.05, 0) is 33.6 Å². The highest BCUT2D eigenvalue weighted by Crippen LogP contribution is 2.38. The molecule has 0 saturated heterocycles. The van der Waals surface area contributed by atoms with Crippen molar-refractivity contribution in [1.82, 2.24) is 14.8 Å². The highest BCUT2D eigenvalue weighted by atomic mass is 32.2. The van der Waals surface area contributed by atoms with Crippen LogP contribution in [0.15, 0.2) is 5.16 Å². The first-order chi connectivity index (χ1) is 8.39. The van der Waals surface area contributed by atoms with Gasteiger partial charge in [0, 0.05) is 11.5 Å². The van der Waals surface area contributed by atoms with Crippen molar-refractivity contribution in [2.75, 3.05) is 5.75 Å². The quantitative estimate of drug-likeness (QED) is 0.850. The van der Waals surface area contributed by atoms with Gasteiger partial charge in [-0.15, -0.1) is 10.2 Å². The summed E-state index contributed by atoms with van der Waals surface area (Å²) in [5.74, 6) is 0.713. The van der Waals surface area contributed by atoms with Crippen LogP contribution in [-0.2, 0) is 10.3 Å². The highest BCUT2D eigenvalue weighted by Gasteiger charge is 2.31. The maximum absolute atomic E-state index is 10.7. The van der Waals surface area contributed by atoms with E-state index < -0.39 is 5.97 Å². The fourth-order valence-corrected chi connectivity index (χ4v) is 2.91. The van der Waals surface area contributed by atoms with Crippen LogP contribution in [0, 0.1) is 0 Å². The molecule has 1 aromatic rings. The van der Waals surface area contributed by atoms with Crippen LogP contribution in [0.4, 0.5) is 0 Å². The second kappa shape index (κ2) is 4.91. The van der Waals surface area contributed by atoms with E-state index >= 15 is 0 Å². The van der Waals surface area contributed by atoms with Gasteiger partial charge in [0.15, 0.2) is 5.16 Å². The molecular weight excluding hydrogens is 250 g/mol. The molecule has 1 aliphatic rings. The van der Waals surface area contributed by atoms with Gasteiger partial charge >= 0.3 is 5.97 Å². The minimum absolute atomic E-state index is 0.0267. The van der Waals surface area contributed by atoms with Crippen LogP contribution in [-0.4, -0.2) is 31.6 Å². The second-order valence-corrected chi connectivity index (χ2v) is 6.60. The summed E-state index contributed by atoms with van der Waals surface area (Å²) in [4.78, 5) is 10.7. The third-order valence-corrected chi connectivity index (χ3v) is 4.04. The molecule has 0 bridgehead atoms. The molecule has 5 nitrogen and oxygen atoms in total. The van der Waals surface area contributed by atoms with Gasteiger partial charge < -0.3 is 9.67 Å². The van der Waals surface area contributed by atoms with E-state index in [9.17, 15) is 4.79 Å². The molecule has 1 fully saturated rings. The topological polar surface area (TPSA) is 68.0 Å². The van der Waals surface area contributed by atoms with Gasteiger partial charge in [-0.2, -0.15) is 0 Å². The van der Waals surface area contributed by atoms with Gasteiger partial charge in [-0.25, -0.2) is 0 Å². The number of nitrogens with zero attached hydrogens (tertiary/aromatic N) is 3. The first-order valence-corrected chi connectivity index (χ1v) is 7.18. The zero-order chi connectivity index (χ0) is 13.3. The van der Waals surface area contributed by atoms with Crippen molar-refractivity contribution in [2.45, 2.75) is 56.6 Å². The second-order valence-electron chi connectivity index (χ2n) is 5.66. The molecule has 2 rings (SSSR count). The molecule has 1 heterocycles. The smallest absolute Gasteiger partial charge is 0.313 e. The predicted molar refractivity (Wildman–Crippen MR) is 70.0 cm³/mol. The molecule has 1 N–H and O–H groups in total. The van der Waals surface area contributed by atoms with Crippen LogP contribution in [0.5, 0.6) is 0 Å². The van der Waals surface area contributed by atoms with Crippen molar-refractivity contribution in [2.24, 2.45) is 0 Å². The SMILES string of the molecule is CC(C)(C)n1c(SCC(=O)O)nnc1C1CCC1. The van der Waals surface area contributed by atoms with Crippen molar-refractivity contribution in [3.63, 3.8) is 0 Å². The Labute approximate surface area is 111 Å². The van der Waals surface area contributed by atoms with Crippen LogP contribution in [0.3, 0.4) is 0 Å². The molecule has 0 radical (unpaired) electrons. The van der Waals surface area contributed by atoms with E-state index in [1.54, 1.807) is 0 Å². The Bertz CT molecular complexity index is 447. The summed E-state index contributed by atoms with van der Waals surface area (Å²) >= 11 is 1.24. The van der Waals surface area contributed by atoms with Crippen molar-refractivity contribution in [3.05, 3.63) is 5.82 Å². The van der Waals surface area contributed by atoms with E-state index in [-0.39, 0.29) is 11.3 Å². The van der Waals surface area contributed by atoms with Gasteiger partial charge in [0.2, 0.25) is 0 Å². The lowest BCUT2D eigenvalue weighted by molar-refractivity contribution is -0.133. The summed E-state index contributed by atoms with van der Waals surface area (Å²) in [6, 6.07) is 0. The molecule has 0 unspecified atom stereocenters. The number of carboxylic acids is 1. The van der Waals surface area contributed by atoms with E-state index in [0.29, 0.717) is 11.1 Å². The lowest BCUT2D eigenvalue weighted by Gasteiger charge is -2.31. The summed E-state index contributed by atoms with van der Waals surface area (Å²) in [6.07, 6.45) is 3.58. The van der Waals surface area contributed by atoms with Crippen LogP contribution >= 0.6 is 11.8 Å². The van der Waals surface area contributed by atoms with E-state index in [2.05, 4.69) is 35.5 Å². The molecule has 6 heteroatoms. The lowest BCUT2D eigenvalue weighted by Crippen LogP contribution is -2.28. The average Bonchev–Trinajstić information content (AvgIpc) is 2.55. The summed E-state index contributed by atoms with van der Waals surface area (Å²) < 4.78 is 2.10. The molecule has 100 valence electrons. The van der Waals surface area contributed by atoms with Crippen LogP contribution < -0.4 is 0 Å². The maximum Gasteiger partial charge on any atom is 0.313 e. The Kier molecular flexibility index (Phi) is 3.66. The molecule has 0 aliphatic heterocycles. The number of hydrogen-bond acceptors (Lipinski definition) is 4. The molecule has 1 aromatic heterocycles. The summed E-state index contributed by atoms with van der Waals surface area (Å²) in [6.45, 7) is 6.30. The molecule has 0 atom stereocenters. The zero-order valence-corrected chi connectivity index (χ0v) is 11.8. The minimum atomic E-state index is -0.825. The Balaban J connectivity index is 2.28. The van der Waals surface area contributed by atoms with E-state index in [4.69, 9.17) is 5.11 Å². The number of hydrogen-bond donors (Lipinski definition) is 1. The van der Waals surface area contributed by atoms with Crippen molar-refractivity contribution in [1.29, 1.82) is 0 Å². The molecule has 0 aromatic carbocycles. The third-order valence-electron chi connectivity index (χ3n) is 3.12.